The number of benzene rings is 2. The summed E-state index contributed by atoms with van der Waals surface area (Å²) in [5.74, 6) is 1.64. The summed E-state index contributed by atoms with van der Waals surface area (Å²) >= 11 is 6.14. The maximum Gasteiger partial charge on any atom is 0.232 e. The lowest BCUT2D eigenvalue weighted by Gasteiger charge is -2.23. The Labute approximate surface area is 193 Å². The van der Waals surface area contributed by atoms with Crippen molar-refractivity contribution in [1.82, 2.24) is 5.32 Å². The number of nitrogens with one attached hydrogen (secondary N) is 1. The van der Waals surface area contributed by atoms with Crippen molar-refractivity contribution in [2.45, 2.75) is 25.8 Å². The lowest BCUT2D eigenvalue weighted by atomic mass is 10.1. The van der Waals surface area contributed by atoms with Crippen molar-refractivity contribution >= 4 is 33.2 Å². The van der Waals surface area contributed by atoms with E-state index in [1.165, 1.54) is 17.5 Å². The summed E-state index contributed by atoms with van der Waals surface area (Å²) in [5.41, 5.74) is 1.32. The number of carbonyl (C=O) groups is 1. The molecule has 1 heterocycles. The molecule has 10 heteroatoms. The van der Waals surface area contributed by atoms with Gasteiger partial charge in [-0.3, -0.25) is 9.10 Å². The van der Waals surface area contributed by atoms with Gasteiger partial charge in [-0.05, 0) is 49.2 Å². The van der Waals surface area contributed by atoms with Gasteiger partial charge in [0.05, 0.1) is 30.1 Å². The number of nitrogens with zero attached hydrogens (tertiary/aromatic N) is 1. The first-order valence-corrected chi connectivity index (χ1v) is 12.4. The summed E-state index contributed by atoms with van der Waals surface area (Å²) in [6.45, 7) is 3.04. The van der Waals surface area contributed by atoms with Crippen LogP contribution in [0.25, 0.3) is 0 Å². The van der Waals surface area contributed by atoms with E-state index in [0.29, 0.717) is 47.6 Å². The van der Waals surface area contributed by atoms with Gasteiger partial charge in [0.25, 0.3) is 0 Å². The average Bonchev–Trinajstić information content (AvgIpc) is 2.75. The van der Waals surface area contributed by atoms with Crippen molar-refractivity contribution in [1.29, 1.82) is 0 Å². The predicted octanol–water partition coefficient (Wildman–Crippen LogP) is 3.54. The molecular formula is C22H27ClN2O6S. The number of carbonyl (C=O) groups excluding carboxylic acids is 1. The lowest BCUT2D eigenvalue weighted by Crippen LogP contribution is -2.32. The Morgan fingerprint density at radius 1 is 1.19 bits per heavy atom. The van der Waals surface area contributed by atoms with Crippen LogP contribution in [-0.4, -0.2) is 47.4 Å². The number of amides is 1. The van der Waals surface area contributed by atoms with Crippen molar-refractivity contribution in [3.8, 4) is 17.2 Å². The summed E-state index contributed by atoms with van der Waals surface area (Å²) < 4.78 is 42.0. The van der Waals surface area contributed by atoms with Crippen LogP contribution < -0.4 is 23.8 Å². The highest BCUT2D eigenvalue weighted by Crippen LogP contribution is 2.33. The molecule has 0 radical (unpaired) electrons. The Morgan fingerprint density at radius 3 is 2.56 bits per heavy atom. The van der Waals surface area contributed by atoms with Crippen LogP contribution in [0.1, 0.15) is 31.4 Å². The number of ether oxygens (including phenoxy) is 3. The normalized spacial score (nSPS) is 13.9. The molecule has 0 saturated carbocycles. The molecule has 1 amide bonds. The number of methoxy groups -OCH3 is 1. The number of sulfonamides is 1. The van der Waals surface area contributed by atoms with Crippen molar-refractivity contribution in [3.63, 3.8) is 0 Å². The molecule has 2 aromatic carbocycles. The molecule has 3 rings (SSSR count). The van der Waals surface area contributed by atoms with Gasteiger partial charge in [0.15, 0.2) is 11.5 Å². The van der Waals surface area contributed by atoms with E-state index in [9.17, 15) is 13.2 Å². The van der Waals surface area contributed by atoms with E-state index >= 15 is 0 Å². The molecule has 1 atom stereocenters. The Morgan fingerprint density at radius 2 is 1.91 bits per heavy atom. The van der Waals surface area contributed by atoms with Gasteiger partial charge in [0.1, 0.15) is 19.0 Å². The second-order valence-corrected chi connectivity index (χ2v) is 9.76. The number of rotatable bonds is 9. The second kappa shape index (κ2) is 10.3. The van der Waals surface area contributed by atoms with Crippen molar-refractivity contribution < 1.29 is 27.4 Å². The van der Waals surface area contributed by atoms with Crippen LogP contribution >= 0.6 is 11.6 Å². The van der Waals surface area contributed by atoms with E-state index in [1.54, 1.807) is 12.1 Å². The standard InChI is InChI=1S/C22H27ClN2O6S/c1-15(16-6-8-20-21(13-16)31-12-11-30-20)24-22(26)5-4-10-25(32(3,27)28)17-7-9-19(29-2)18(23)14-17/h6-9,13-15H,4-5,10-12H2,1-3H3,(H,24,26)/t15-/m1/s1. The van der Waals surface area contributed by atoms with E-state index in [-0.39, 0.29) is 24.9 Å². The second-order valence-electron chi connectivity index (χ2n) is 7.45. The van der Waals surface area contributed by atoms with E-state index < -0.39 is 10.0 Å². The Kier molecular flexibility index (Phi) is 7.73. The first kappa shape index (κ1) is 24.0. The largest absolute Gasteiger partial charge is 0.495 e. The zero-order chi connectivity index (χ0) is 23.3. The highest BCUT2D eigenvalue weighted by atomic mass is 35.5. The van der Waals surface area contributed by atoms with Crippen LogP contribution in [0.3, 0.4) is 0 Å². The van der Waals surface area contributed by atoms with Crippen molar-refractivity contribution in [2.24, 2.45) is 0 Å². The molecule has 174 valence electrons. The minimum Gasteiger partial charge on any atom is -0.495 e. The third-order valence-corrected chi connectivity index (χ3v) is 6.52. The molecule has 32 heavy (non-hydrogen) atoms. The molecule has 0 saturated heterocycles. The molecule has 8 nitrogen and oxygen atoms in total. The quantitative estimate of drug-likeness (QED) is 0.587. The SMILES string of the molecule is COc1ccc(N(CCCC(=O)N[C@H](C)c2ccc3c(c2)OCCO3)S(C)(=O)=O)cc1Cl. The van der Waals surface area contributed by atoms with Gasteiger partial charge in [0, 0.05) is 13.0 Å². The van der Waals surface area contributed by atoms with Gasteiger partial charge >= 0.3 is 0 Å². The number of anilines is 1. The summed E-state index contributed by atoms with van der Waals surface area (Å²) in [4.78, 5) is 12.4. The van der Waals surface area contributed by atoms with Gasteiger partial charge in [-0.1, -0.05) is 17.7 Å². The van der Waals surface area contributed by atoms with Crippen LogP contribution in [0.5, 0.6) is 17.2 Å². The maximum atomic E-state index is 12.4. The van der Waals surface area contributed by atoms with E-state index in [1.807, 2.05) is 25.1 Å². The number of fused-ring (bicyclic) bond motifs is 1. The first-order valence-electron chi connectivity index (χ1n) is 10.2. The topological polar surface area (TPSA) is 94.2 Å². The highest BCUT2D eigenvalue weighted by molar-refractivity contribution is 7.92. The fraction of sp³-hybridized carbons (Fsp3) is 0.409. The predicted molar refractivity (Wildman–Crippen MR) is 123 cm³/mol. The number of hydrogen-bond donors (Lipinski definition) is 1. The van der Waals surface area contributed by atoms with Crippen LogP contribution in [0.2, 0.25) is 5.02 Å². The molecular weight excluding hydrogens is 456 g/mol. The van der Waals surface area contributed by atoms with E-state index in [4.69, 9.17) is 25.8 Å². The summed E-state index contributed by atoms with van der Waals surface area (Å²) in [5, 5.41) is 3.25. The third kappa shape index (κ3) is 5.98. The first-order chi connectivity index (χ1) is 15.2. The molecule has 0 fully saturated rings. The van der Waals surface area contributed by atoms with Crippen LogP contribution in [0.4, 0.5) is 5.69 Å². The Bertz CT molecular complexity index is 1080. The minimum atomic E-state index is -3.55. The molecule has 1 N–H and O–H groups in total. The highest BCUT2D eigenvalue weighted by Gasteiger charge is 2.20. The monoisotopic (exact) mass is 482 g/mol. The molecule has 2 aromatic rings. The van der Waals surface area contributed by atoms with Gasteiger partial charge < -0.3 is 19.5 Å². The van der Waals surface area contributed by atoms with Crippen LogP contribution in [0.15, 0.2) is 36.4 Å². The summed E-state index contributed by atoms with van der Waals surface area (Å²) in [6.07, 6.45) is 1.64. The van der Waals surface area contributed by atoms with Gasteiger partial charge in [0.2, 0.25) is 15.9 Å². The molecule has 1 aliphatic rings. The molecule has 0 unspecified atom stereocenters. The third-order valence-electron chi connectivity index (χ3n) is 5.03. The zero-order valence-electron chi connectivity index (χ0n) is 18.3. The van der Waals surface area contributed by atoms with Crippen LogP contribution in [-0.2, 0) is 14.8 Å². The number of halogens is 1. The molecule has 0 spiro atoms. The molecule has 0 bridgehead atoms. The fourth-order valence-electron chi connectivity index (χ4n) is 3.41. The fourth-order valence-corrected chi connectivity index (χ4v) is 4.62. The van der Waals surface area contributed by atoms with E-state index in [0.717, 1.165) is 11.8 Å². The molecule has 0 aromatic heterocycles. The maximum absolute atomic E-state index is 12.4. The average molecular weight is 483 g/mol. The Balaban J connectivity index is 1.57. The van der Waals surface area contributed by atoms with Gasteiger partial charge in [-0.25, -0.2) is 8.42 Å². The molecule has 0 aliphatic carbocycles. The minimum absolute atomic E-state index is 0.146. The zero-order valence-corrected chi connectivity index (χ0v) is 19.8. The smallest absolute Gasteiger partial charge is 0.232 e. The molecule has 1 aliphatic heterocycles. The lowest BCUT2D eigenvalue weighted by molar-refractivity contribution is -0.121. The Hall–Kier alpha value is -2.65. The number of hydrogen-bond acceptors (Lipinski definition) is 6. The summed E-state index contributed by atoms with van der Waals surface area (Å²) in [6, 6.07) is 10.1. The van der Waals surface area contributed by atoms with Crippen LogP contribution in [0, 0.1) is 0 Å². The van der Waals surface area contributed by atoms with Crippen molar-refractivity contribution in [2.75, 3.05) is 37.4 Å². The van der Waals surface area contributed by atoms with Crippen molar-refractivity contribution in [3.05, 3.63) is 47.0 Å². The van der Waals surface area contributed by atoms with Gasteiger partial charge in [-0.15, -0.1) is 0 Å². The summed E-state index contributed by atoms with van der Waals surface area (Å²) in [7, 11) is -2.06. The van der Waals surface area contributed by atoms with E-state index in [2.05, 4.69) is 5.32 Å². The van der Waals surface area contributed by atoms with Gasteiger partial charge in [-0.2, -0.15) is 0 Å².